The Bertz CT molecular complexity index is 4400. The number of fused-ring (bicyclic) bond motifs is 4. The number of hydrogen-bond donors (Lipinski definition) is 6. The maximum absolute atomic E-state index is 15.5. The van der Waals surface area contributed by atoms with E-state index < -0.39 is 116 Å². The maximum Gasteiger partial charge on any atom is 0.410 e. The Morgan fingerprint density at radius 1 is 0.716 bits per heavy atom. The summed E-state index contributed by atoms with van der Waals surface area (Å²) in [5, 5.41) is 31.2. The number of carbonyl (C=O) groups excluding carboxylic acids is 7. The minimum atomic E-state index is -4.12. The van der Waals surface area contributed by atoms with E-state index in [0.29, 0.717) is 46.7 Å². The maximum atomic E-state index is 15.5. The second kappa shape index (κ2) is 31.0. The largest absolute Gasteiger partial charge is 0.487 e. The molecule has 6 aromatic carbocycles. The Morgan fingerprint density at radius 2 is 1.30 bits per heavy atom. The van der Waals surface area contributed by atoms with Gasteiger partial charge in [-0.15, -0.1) is 11.5 Å². The molecule has 1 aliphatic heterocycles. The van der Waals surface area contributed by atoms with E-state index in [4.69, 9.17) is 25.4 Å². The second-order valence-electron chi connectivity index (χ2n) is 28.4. The van der Waals surface area contributed by atoms with Crippen molar-refractivity contribution in [1.29, 1.82) is 0 Å². The van der Waals surface area contributed by atoms with Gasteiger partial charge in [0.05, 0.1) is 17.5 Å². The van der Waals surface area contributed by atoms with E-state index in [9.17, 15) is 37.5 Å². The number of likely N-dealkylation sites (N-methyl/N-ethyl adjacent to an activating group) is 1. The van der Waals surface area contributed by atoms with Crippen molar-refractivity contribution in [3.63, 3.8) is 0 Å². The fourth-order valence-electron chi connectivity index (χ4n) is 12.4. The number of ether oxygens (including phenoxy) is 4. The Balaban J connectivity index is 0.880. The van der Waals surface area contributed by atoms with Crippen LogP contribution in [0.3, 0.4) is 0 Å². The van der Waals surface area contributed by atoms with Crippen LogP contribution in [0.5, 0.6) is 11.5 Å². The molecule has 26 heteroatoms. The molecule has 0 unspecified atom stereocenters. The van der Waals surface area contributed by atoms with Gasteiger partial charge in [0.15, 0.2) is 0 Å². The molecular weight excluding hydrogens is 1320 g/mol. The smallest absolute Gasteiger partial charge is 0.410 e. The van der Waals surface area contributed by atoms with Gasteiger partial charge in [0.25, 0.3) is 5.91 Å². The third-order valence-corrected chi connectivity index (χ3v) is 20.1. The van der Waals surface area contributed by atoms with E-state index >= 15 is 14.4 Å². The minimum Gasteiger partial charge on any atom is -0.487 e. The standard InChI is InChI=1S/C76H86N10O15S/c1-11-36-98-54-30-25-47(26-31-54)38-63(68(89)82-102(96,97)56-34-35-56)77-67(88)62(39-49-24-29-50-18-12-13-19-51(50)37-49)78-69(90)64-40-53(43-85(64)70(91)65(74(3,4)5)79-66(87)46(2)84(10)73(95)101-75(6,7)8)86-42-52(81-83-86)44-99-55-32-27-48(28-33-55)41-76(9,71(92)93)80-72(94)100-45-61-59-22-16-14-20-57(59)58-21-15-17-23-60(58)61/h1,12-33,37,42,46,53,56,61-65H,34-36,38-41,43-45H2,2-10H3,(H,77,88)(H,78,90)(H,79,87)(H,80,94)(H,82,89)(H,92,93)/t46-,53-,62-,63-,64-,65+,76-/m0/s1. The van der Waals surface area contributed by atoms with Crippen LogP contribution in [-0.2, 0) is 74.1 Å². The van der Waals surface area contributed by atoms with Crippen LogP contribution < -0.4 is 35.5 Å². The normalized spacial score (nSPS) is 16.8. The number of aromatic nitrogens is 3. The summed E-state index contributed by atoms with van der Waals surface area (Å²) in [4.78, 5) is 116. The Morgan fingerprint density at radius 3 is 1.92 bits per heavy atom. The van der Waals surface area contributed by atoms with Crippen molar-refractivity contribution >= 4 is 68.5 Å². The van der Waals surface area contributed by atoms with Crippen LogP contribution in [0, 0.1) is 17.8 Å². The predicted molar refractivity (Wildman–Crippen MR) is 379 cm³/mol. The van der Waals surface area contributed by atoms with Crippen LogP contribution in [0.4, 0.5) is 9.59 Å². The van der Waals surface area contributed by atoms with E-state index in [0.717, 1.165) is 37.9 Å². The van der Waals surface area contributed by atoms with E-state index in [1.54, 1.807) is 102 Å². The molecular formula is C76H86N10O15S. The van der Waals surface area contributed by atoms with E-state index in [2.05, 4.69) is 42.2 Å². The highest BCUT2D eigenvalue weighted by molar-refractivity contribution is 7.91. The van der Waals surface area contributed by atoms with Crippen molar-refractivity contribution in [2.45, 2.75) is 159 Å². The SMILES string of the molecule is C#CCOc1ccc(C[C@H](NC(=O)[C@H](Cc2ccc3ccccc3c2)NC(=O)[C@@H]2C[C@H](n3cc(COc4ccc(C[C@](C)(NC(=O)OCC5c6ccccc6-c6ccccc65)C(=O)O)cc4)nn3)CN2C(=O)[C@@H](NC(=O)[C@H](C)N(C)C(=O)OC(C)(C)C)C(C)(C)C)C(=O)NS(=O)(=O)C2CC2)cc1. The average molecular weight is 1410 g/mol. The zero-order valence-electron chi connectivity index (χ0n) is 58.4. The van der Waals surface area contributed by atoms with Gasteiger partial charge < -0.3 is 50.2 Å². The number of carboxylic acids is 1. The number of alkyl carbamates (subject to hydrolysis) is 1. The lowest BCUT2D eigenvalue weighted by Crippen LogP contribution is -2.61. The number of likely N-dealkylation sites (tertiary alicyclic amines) is 1. The van der Waals surface area contributed by atoms with E-state index in [-0.39, 0.29) is 58.0 Å². The van der Waals surface area contributed by atoms with Gasteiger partial charge in [-0.25, -0.2) is 27.5 Å². The van der Waals surface area contributed by atoms with Crippen LogP contribution >= 0.6 is 0 Å². The van der Waals surface area contributed by atoms with Crippen LogP contribution in [0.2, 0.25) is 0 Å². The Kier molecular flexibility index (Phi) is 22.4. The number of nitrogens with zero attached hydrogens (tertiary/aromatic N) is 5. The lowest BCUT2D eigenvalue weighted by molar-refractivity contribution is -0.145. The van der Waals surface area contributed by atoms with Crippen LogP contribution in [-0.4, -0.2) is 159 Å². The molecule has 2 heterocycles. The number of terminal acetylenes is 1. The Labute approximate surface area is 592 Å². The highest BCUT2D eigenvalue weighted by atomic mass is 32.2. The van der Waals surface area contributed by atoms with E-state index in [1.807, 2.05) is 84.9 Å². The van der Waals surface area contributed by atoms with Gasteiger partial charge in [-0.3, -0.25) is 33.6 Å². The summed E-state index contributed by atoms with van der Waals surface area (Å²) in [6.07, 6.45) is 5.47. The first-order chi connectivity index (χ1) is 48.4. The van der Waals surface area contributed by atoms with Gasteiger partial charge in [-0.2, -0.15) is 0 Å². The van der Waals surface area contributed by atoms with Gasteiger partial charge in [0.2, 0.25) is 33.7 Å². The molecule has 7 aromatic rings. The second-order valence-corrected chi connectivity index (χ2v) is 30.4. The summed E-state index contributed by atoms with van der Waals surface area (Å²) in [5.41, 5.74) is 2.45. The third-order valence-electron chi connectivity index (χ3n) is 18.3. The molecule has 1 aromatic heterocycles. The molecule has 102 heavy (non-hydrogen) atoms. The van der Waals surface area contributed by atoms with Gasteiger partial charge in [0, 0.05) is 45.2 Å². The van der Waals surface area contributed by atoms with Crippen molar-refractivity contribution in [3.05, 3.63) is 179 Å². The number of nitrogens with one attached hydrogen (secondary N) is 5. The van der Waals surface area contributed by atoms with Crippen molar-refractivity contribution in [2.75, 3.05) is 26.8 Å². The van der Waals surface area contributed by atoms with Crippen molar-refractivity contribution < 1.29 is 70.8 Å². The van der Waals surface area contributed by atoms with Gasteiger partial charge in [-0.1, -0.05) is 147 Å². The average Bonchev–Trinajstić information content (AvgIpc) is 1.62. The zero-order valence-corrected chi connectivity index (χ0v) is 59.2. The van der Waals surface area contributed by atoms with Crippen molar-refractivity contribution in [2.24, 2.45) is 5.41 Å². The minimum absolute atomic E-state index is 0.00464. The first-order valence-electron chi connectivity index (χ1n) is 33.7. The number of carbonyl (C=O) groups is 8. The molecule has 1 saturated heterocycles. The number of carboxylic acid groups (broad SMARTS) is 1. The summed E-state index contributed by atoms with van der Waals surface area (Å²) in [7, 11) is -2.72. The van der Waals surface area contributed by atoms with Crippen molar-refractivity contribution in [1.82, 2.24) is 50.8 Å². The summed E-state index contributed by atoms with van der Waals surface area (Å²) in [6, 6.07) is 34.4. The number of benzene rings is 6. The number of rotatable bonds is 27. The fraction of sp³-hybridized carbons (Fsp3) is 0.395. The molecule has 2 aliphatic carbocycles. The fourth-order valence-corrected chi connectivity index (χ4v) is 13.8. The third kappa shape index (κ3) is 18.2. The van der Waals surface area contributed by atoms with Crippen LogP contribution in [0.15, 0.2) is 146 Å². The van der Waals surface area contributed by atoms with Crippen molar-refractivity contribution in [3.8, 4) is 35.0 Å². The topological polar surface area (TPSA) is 325 Å². The number of hydrogen-bond acceptors (Lipinski definition) is 16. The summed E-state index contributed by atoms with van der Waals surface area (Å²) >= 11 is 0. The number of aliphatic carboxylic acids is 1. The van der Waals surface area contributed by atoms with Gasteiger partial charge in [0.1, 0.15) is 78.4 Å². The molecule has 6 N–H and O–H groups in total. The first-order valence-corrected chi connectivity index (χ1v) is 35.3. The molecule has 3 aliphatic rings. The number of sulfonamides is 1. The molecule has 1 saturated carbocycles. The summed E-state index contributed by atoms with van der Waals surface area (Å²) in [6.45, 7) is 12.8. The highest BCUT2D eigenvalue weighted by Crippen LogP contribution is 2.45. The van der Waals surface area contributed by atoms with Gasteiger partial charge >= 0.3 is 18.2 Å². The lowest BCUT2D eigenvalue weighted by Gasteiger charge is -2.37. The number of amides is 7. The van der Waals surface area contributed by atoms with Crippen LogP contribution in [0.25, 0.3) is 21.9 Å². The van der Waals surface area contributed by atoms with E-state index in [1.165, 1.54) is 30.5 Å². The zero-order chi connectivity index (χ0) is 73.4. The molecule has 536 valence electrons. The lowest BCUT2D eigenvalue weighted by atomic mass is 9.85. The van der Waals surface area contributed by atoms with Gasteiger partial charge in [-0.05, 0) is 127 Å². The molecule has 10 rings (SSSR count). The highest BCUT2D eigenvalue weighted by Gasteiger charge is 2.48. The monoisotopic (exact) mass is 1410 g/mol. The molecule has 2 fully saturated rings. The first kappa shape index (κ1) is 73.9. The molecule has 25 nitrogen and oxygen atoms in total. The molecule has 0 bridgehead atoms. The predicted octanol–water partition coefficient (Wildman–Crippen LogP) is 7.94. The molecule has 0 radical (unpaired) electrons. The summed E-state index contributed by atoms with van der Waals surface area (Å²) in [5.74, 6) is -2.36. The molecule has 7 amide bonds. The van der Waals surface area contributed by atoms with Crippen LogP contribution in [0.1, 0.15) is 120 Å². The molecule has 7 atom stereocenters. The quantitative estimate of drug-likeness (QED) is 0.0266. The summed E-state index contributed by atoms with van der Waals surface area (Å²) < 4.78 is 53.1. The Hall–Kier alpha value is -10.8. The molecule has 0 spiro atoms.